The lowest BCUT2D eigenvalue weighted by molar-refractivity contribution is 0.386. The van der Waals surface area contributed by atoms with Gasteiger partial charge in [0.25, 0.3) is 0 Å². The van der Waals surface area contributed by atoms with Gasteiger partial charge < -0.3 is 4.90 Å². The summed E-state index contributed by atoms with van der Waals surface area (Å²) in [5.74, 6) is 0. The number of hydrogen-bond donors (Lipinski definition) is 0. The van der Waals surface area contributed by atoms with Gasteiger partial charge in [0.1, 0.15) is 0 Å². The minimum atomic E-state index is 0. The van der Waals surface area contributed by atoms with Crippen molar-refractivity contribution in [3.8, 4) is 0 Å². The monoisotopic (exact) mass is 197 g/mol. The largest absolute Gasteiger partial charge is 0.350 e. The minimum Gasteiger partial charge on any atom is -0.350 e. The molecule has 0 radical (unpaired) electrons. The maximum Gasteiger partial charge on any atom is 0.0276 e. The fourth-order valence-electron chi connectivity index (χ4n) is 1.02. The van der Waals surface area contributed by atoms with Crippen LogP contribution in [0.3, 0.4) is 0 Å². The summed E-state index contributed by atoms with van der Waals surface area (Å²) in [6.45, 7) is 17.7. The first-order chi connectivity index (χ1) is 6.13. The minimum absolute atomic E-state index is 0. The highest BCUT2D eigenvalue weighted by Gasteiger charge is 2.03. The molecule has 0 amide bonds. The van der Waals surface area contributed by atoms with E-state index in [0.29, 0.717) is 6.04 Å². The topological polar surface area (TPSA) is 3.24 Å². The lowest BCUT2D eigenvalue weighted by atomic mass is 10.3. The van der Waals surface area contributed by atoms with Crippen molar-refractivity contribution < 1.29 is 0 Å². The van der Waals surface area contributed by atoms with Crippen LogP contribution in [0.5, 0.6) is 0 Å². The van der Waals surface area contributed by atoms with E-state index in [2.05, 4.69) is 31.9 Å². The Bertz CT molecular complexity index is 166. The molecule has 0 saturated carbocycles. The Balaban J connectivity index is -0.000000376. The Morgan fingerprint density at radius 3 is 1.86 bits per heavy atom. The Morgan fingerprint density at radius 2 is 1.64 bits per heavy atom. The van der Waals surface area contributed by atoms with E-state index in [1.165, 1.54) is 5.70 Å². The van der Waals surface area contributed by atoms with Crippen LogP contribution in [0, 0.1) is 0 Å². The summed E-state index contributed by atoms with van der Waals surface area (Å²) in [6, 6.07) is 0.462. The van der Waals surface area contributed by atoms with Gasteiger partial charge in [-0.1, -0.05) is 40.5 Å². The summed E-state index contributed by atoms with van der Waals surface area (Å²) in [5, 5.41) is 0. The third-order valence-electron chi connectivity index (χ3n) is 1.52. The summed E-state index contributed by atoms with van der Waals surface area (Å²) in [5.41, 5.74) is 1.17. The molecule has 0 aromatic carbocycles. The van der Waals surface area contributed by atoms with E-state index >= 15 is 0 Å². The zero-order valence-electron chi connectivity index (χ0n) is 9.67. The predicted octanol–water partition coefficient (Wildman–Crippen LogP) is 4.59. The molecule has 0 N–H and O–H groups in total. The zero-order chi connectivity index (χ0) is 10.9. The van der Waals surface area contributed by atoms with Crippen molar-refractivity contribution >= 4 is 0 Å². The third-order valence-corrected chi connectivity index (χ3v) is 1.52. The Labute approximate surface area is 90.8 Å². The molecule has 0 heterocycles. The molecule has 14 heavy (non-hydrogen) atoms. The van der Waals surface area contributed by atoms with Gasteiger partial charge in [0.05, 0.1) is 0 Å². The molecule has 0 fully saturated rings. The molecule has 0 atom stereocenters. The summed E-state index contributed by atoms with van der Waals surface area (Å²) in [4.78, 5) is 2.10. The molecule has 1 nitrogen and oxygen atoms in total. The second kappa shape index (κ2) is 12.0. The van der Waals surface area contributed by atoms with Gasteiger partial charge in [0, 0.05) is 11.7 Å². The van der Waals surface area contributed by atoms with Crippen molar-refractivity contribution in [3.05, 3.63) is 37.2 Å². The fourth-order valence-corrected chi connectivity index (χ4v) is 1.02. The first-order valence-corrected chi connectivity index (χ1v) is 4.83. The molecule has 0 unspecified atom stereocenters. The smallest absolute Gasteiger partial charge is 0.0276 e. The summed E-state index contributed by atoms with van der Waals surface area (Å²) >= 11 is 0. The first kappa shape index (κ1) is 18.7. The third kappa shape index (κ3) is 7.66. The van der Waals surface area contributed by atoms with Gasteiger partial charge in [-0.15, -0.1) is 0 Å². The van der Waals surface area contributed by atoms with Crippen molar-refractivity contribution in [3.63, 3.8) is 0 Å². The molecule has 0 spiro atoms. The fraction of sp³-hybridized carbons (Fsp3) is 0.538. The number of hydrogen-bond acceptors (Lipinski definition) is 1. The van der Waals surface area contributed by atoms with Gasteiger partial charge in [-0.05, 0) is 33.0 Å². The SMILES string of the molecule is C.C=C/C=C(/C)N(C=C)C(C)C.CC. The Morgan fingerprint density at radius 1 is 1.21 bits per heavy atom. The molecule has 84 valence electrons. The van der Waals surface area contributed by atoms with Gasteiger partial charge in [0.15, 0.2) is 0 Å². The lowest BCUT2D eigenvalue weighted by Crippen LogP contribution is -2.22. The van der Waals surface area contributed by atoms with Crippen molar-refractivity contribution in [2.45, 2.75) is 48.1 Å². The molecule has 0 aromatic rings. The van der Waals surface area contributed by atoms with Gasteiger partial charge in [-0.3, -0.25) is 0 Å². The van der Waals surface area contributed by atoms with Crippen LogP contribution in [-0.2, 0) is 0 Å². The number of nitrogens with zero attached hydrogens (tertiary/aromatic N) is 1. The number of rotatable bonds is 4. The molecule has 0 rings (SSSR count). The summed E-state index contributed by atoms with van der Waals surface area (Å²) < 4.78 is 0. The maximum atomic E-state index is 3.74. The Kier molecular flexibility index (Phi) is 16.1. The van der Waals surface area contributed by atoms with Crippen LogP contribution in [0.1, 0.15) is 42.0 Å². The van der Waals surface area contributed by atoms with Gasteiger partial charge in [-0.2, -0.15) is 0 Å². The maximum absolute atomic E-state index is 3.74. The molecule has 0 bridgehead atoms. The van der Waals surface area contributed by atoms with E-state index in [9.17, 15) is 0 Å². The van der Waals surface area contributed by atoms with Crippen LogP contribution < -0.4 is 0 Å². The van der Waals surface area contributed by atoms with E-state index in [0.717, 1.165) is 0 Å². The van der Waals surface area contributed by atoms with Gasteiger partial charge in [0.2, 0.25) is 0 Å². The average Bonchev–Trinajstić information content (AvgIpc) is 2.09. The quantitative estimate of drug-likeness (QED) is 0.596. The summed E-state index contributed by atoms with van der Waals surface area (Å²) in [6.07, 6.45) is 5.59. The van der Waals surface area contributed by atoms with Crippen molar-refractivity contribution in [1.29, 1.82) is 0 Å². The lowest BCUT2D eigenvalue weighted by Gasteiger charge is -2.24. The molecular formula is C13H27N. The Hall–Kier alpha value is -0.980. The van der Waals surface area contributed by atoms with E-state index in [4.69, 9.17) is 0 Å². The highest BCUT2D eigenvalue weighted by molar-refractivity contribution is 5.09. The van der Waals surface area contributed by atoms with Crippen LogP contribution in [-0.4, -0.2) is 10.9 Å². The molecule has 0 aliphatic carbocycles. The average molecular weight is 197 g/mol. The van der Waals surface area contributed by atoms with Crippen LogP contribution in [0.25, 0.3) is 0 Å². The molecule has 0 saturated heterocycles. The predicted molar refractivity (Wildman–Crippen MR) is 69.2 cm³/mol. The van der Waals surface area contributed by atoms with E-state index in [1.807, 2.05) is 33.0 Å². The van der Waals surface area contributed by atoms with Gasteiger partial charge in [-0.25, -0.2) is 0 Å². The zero-order valence-corrected chi connectivity index (χ0v) is 9.67. The standard InChI is InChI=1S/C10H17N.C2H6.CH4/c1-6-8-10(5)11(7-2)9(3)4;1-2;/h6-9H,1-2H2,3-5H3;1-2H3;1H4/b10-8-;;. The molecule has 0 aliphatic heterocycles. The summed E-state index contributed by atoms with van der Waals surface area (Å²) in [7, 11) is 0. The second-order valence-corrected chi connectivity index (χ2v) is 2.73. The van der Waals surface area contributed by atoms with Crippen molar-refractivity contribution in [2.24, 2.45) is 0 Å². The second-order valence-electron chi connectivity index (χ2n) is 2.73. The normalized spacial score (nSPS) is 9.43. The van der Waals surface area contributed by atoms with Crippen LogP contribution in [0.2, 0.25) is 0 Å². The van der Waals surface area contributed by atoms with Crippen LogP contribution in [0.4, 0.5) is 0 Å². The first-order valence-electron chi connectivity index (χ1n) is 4.83. The highest BCUT2D eigenvalue weighted by Crippen LogP contribution is 2.08. The van der Waals surface area contributed by atoms with Crippen molar-refractivity contribution in [1.82, 2.24) is 4.90 Å². The van der Waals surface area contributed by atoms with E-state index in [-0.39, 0.29) is 7.43 Å². The molecule has 1 heteroatoms. The highest BCUT2D eigenvalue weighted by atomic mass is 15.1. The van der Waals surface area contributed by atoms with Gasteiger partial charge >= 0.3 is 0 Å². The van der Waals surface area contributed by atoms with Crippen molar-refractivity contribution in [2.75, 3.05) is 0 Å². The van der Waals surface area contributed by atoms with E-state index < -0.39 is 0 Å². The number of allylic oxidation sites excluding steroid dienone is 3. The molecule has 0 aromatic heterocycles. The molecular weight excluding hydrogens is 170 g/mol. The van der Waals surface area contributed by atoms with E-state index in [1.54, 1.807) is 6.08 Å². The molecule has 0 aliphatic rings. The van der Waals surface area contributed by atoms with Crippen LogP contribution >= 0.6 is 0 Å². The van der Waals surface area contributed by atoms with Crippen LogP contribution in [0.15, 0.2) is 37.2 Å².